The van der Waals surface area contributed by atoms with Crippen LogP contribution in [0.2, 0.25) is 0 Å². The van der Waals surface area contributed by atoms with E-state index in [1.807, 2.05) is 6.92 Å². The van der Waals surface area contributed by atoms with Crippen LogP contribution in [0.5, 0.6) is 5.75 Å². The number of aldehydes is 1. The van der Waals surface area contributed by atoms with Crippen molar-refractivity contribution in [2.24, 2.45) is 0 Å². The summed E-state index contributed by atoms with van der Waals surface area (Å²) in [6.45, 7) is 2.29. The van der Waals surface area contributed by atoms with Gasteiger partial charge in [0.2, 0.25) is 0 Å². The molecule has 0 bridgehead atoms. The van der Waals surface area contributed by atoms with Gasteiger partial charge in [-0.1, -0.05) is 6.07 Å². The molecular formula is C14H12FNO2. The molecule has 4 heteroatoms. The van der Waals surface area contributed by atoms with Crippen molar-refractivity contribution in [2.45, 2.75) is 6.92 Å². The molecule has 0 saturated carbocycles. The third-order valence-electron chi connectivity index (χ3n) is 2.46. The van der Waals surface area contributed by atoms with Gasteiger partial charge in [0.25, 0.3) is 0 Å². The molecule has 0 aliphatic carbocycles. The van der Waals surface area contributed by atoms with E-state index in [1.54, 1.807) is 24.4 Å². The zero-order valence-corrected chi connectivity index (χ0v) is 9.89. The number of rotatable bonds is 4. The molecule has 0 atom stereocenters. The van der Waals surface area contributed by atoms with Crippen LogP contribution >= 0.6 is 0 Å². The highest BCUT2D eigenvalue weighted by Crippen LogP contribution is 2.30. The Morgan fingerprint density at radius 1 is 1.33 bits per heavy atom. The molecule has 92 valence electrons. The normalized spacial score (nSPS) is 10.1. The molecule has 1 aromatic heterocycles. The van der Waals surface area contributed by atoms with E-state index in [0.29, 0.717) is 24.3 Å². The number of hydrogen-bond donors (Lipinski definition) is 0. The summed E-state index contributed by atoms with van der Waals surface area (Å²) in [5, 5.41) is 0. The van der Waals surface area contributed by atoms with E-state index >= 15 is 0 Å². The summed E-state index contributed by atoms with van der Waals surface area (Å²) in [6.07, 6.45) is 2.25. The highest BCUT2D eigenvalue weighted by Gasteiger charge is 2.08. The van der Waals surface area contributed by atoms with E-state index < -0.39 is 0 Å². The SMILES string of the molecule is CCOc1cc(F)ccc1-c1ccc(C=O)nc1. The van der Waals surface area contributed by atoms with Crippen LogP contribution in [-0.4, -0.2) is 17.9 Å². The number of halogens is 1. The molecular weight excluding hydrogens is 233 g/mol. The van der Waals surface area contributed by atoms with Gasteiger partial charge in [0.1, 0.15) is 17.3 Å². The smallest absolute Gasteiger partial charge is 0.168 e. The van der Waals surface area contributed by atoms with Crippen LogP contribution in [0, 0.1) is 5.82 Å². The molecule has 1 aromatic carbocycles. The van der Waals surface area contributed by atoms with E-state index in [0.717, 1.165) is 11.1 Å². The minimum Gasteiger partial charge on any atom is -0.493 e. The summed E-state index contributed by atoms with van der Waals surface area (Å²) in [7, 11) is 0. The summed E-state index contributed by atoms with van der Waals surface area (Å²) in [6, 6.07) is 7.71. The van der Waals surface area contributed by atoms with Crippen LogP contribution in [0.15, 0.2) is 36.5 Å². The number of benzene rings is 1. The Kier molecular flexibility index (Phi) is 3.67. The van der Waals surface area contributed by atoms with Crippen LogP contribution in [-0.2, 0) is 0 Å². The maximum Gasteiger partial charge on any atom is 0.168 e. The van der Waals surface area contributed by atoms with E-state index in [4.69, 9.17) is 4.74 Å². The Balaban J connectivity index is 2.44. The van der Waals surface area contributed by atoms with Gasteiger partial charge in [0, 0.05) is 23.4 Å². The maximum atomic E-state index is 13.2. The average Bonchev–Trinajstić information content (AvgIpc) is 2.40. The van der Waals surface area contributed by atoms with E-state index in [9.17, 15) is 9.18 Å². The van der Waals surface area contributed by atoms with Gasteiger partial charge in [0.15, 0.2) is 6.29 Å². The van der Waals surface area contributed by atoms with Gasteiger partial charge >= 0.3 is 0 Å². The Hall–Kier alpha value is -2.23. The lowest BCUT2D eigenvalue weighted by Gasteiger charge is -2.10. The summed E-state index contributed by atoms with van der Waals surface area (Å²) in [5.41, 5.74) is 1.89. The van der Waals surface area contributed by atoms with Crippen molar-refractivity contribution in [1.82, 2.24) is 4.98 Å². The molecule has 0 amide bonds. The standard InChI is InChI=1S/C14H12FNO2/c1-2-18-14-7-11(15)4-6-13(14)10-3-5-12(9-17)16-8-10/h3-9H,2H2,1H3. The lowest BCUT2D eigenvalue weighted by molar-refractivity contribution is 0.111. The van der Waals surface area contributed by atoms with Gasteiger partial charge in [-0.15, -0.1) is 0 Å². The van der Waals surface area contributed by atoms with E-state index in [1.165, 1.54) is 12.1 Å². The summed E-state index contributed by atoms with van der Waals surface area (Å²) >= 11 is 0. The zero-order chi connectivity index (χ0) is 13.0. The number of aromatic nitrogens is 1. The third kappa shape index (κ3) is 2.53. The quantitative estimate of drug-likeness (QED) is 0.777. The molecule has 1 heterocycles. The molecule has 0 aliphatic heterocycles. The summed E-state index contributed by atoms with van der Waals surface area (Å²) in [5.74, 6) is 0.123. The molecule has 3 nitrogen and oxygen atoms in total. The first-order valence-electron chi connectivity index (χ1n) is 5.58. The van der Waals surface area contributed by atoms with Crippen molar-refractivity contribution < 1.29 is 13.9 Å². The number of pyridine rings is 1. The molecule has 2 rings (SSSR count). The highest BCUT2D eigenvalue weighted by molar-refractivity contribution is 5.75. The Labute approximate surface area is 104 Å². The second kappa shape index (κ2) is 5.40. The first-order chi connectivity index (χ1) is 8.74. The average molecular weight is 245 g/mol. The zero-order valence-electron chi connectivity index (χ0n) is 9.89. The van der Waals surface area contributed by atoms with Crippen molar-refractivity contribution >= 4 is 6.29 Å². The minimum atomic E-state index is -0.348. The van der Waals surface area contributed by atoms with Crippen molar-refractivity contribution in [3.8, 4) is 16.9 Å². The monoisotopic (exact) mass is 245 g/mol. The first-order valence-corrected chi connectivity index (χ1v) is 5.58. The van der Waals surface area contributed by atoms with Crippen LogP contribution in [0.25, 0.3) is 11.1 Å². The largest absolute Gasteiger partial charge is 0.493 e. The van der Waals surface area contributed by atoms with E-state index in [-0.39, 0.29) is 5.82 Å². The summed E-state index contributed by atoms with van der Waals surface area (Å²) < 4.78 is 18.6. The molecule has 0 unspecified atom stereocenters. The Bertz CT molecular complexity index is 552. The van der Waals surface area contributed by atoms with Crippen molar-refractivity contribution in [1.29, 1.82) is 0 Å². The van der Waals surface area contributed by atoms with Gasteiger partial charge < -0.3 is 4.74 Å². The van der Waals surface area contributed by atoms with Gasteiger partial charge in [-0.2, -0.15) is 0 Å². The maximum absolute atomic E-state index is 13.2. The number of carbonyl (C=O) groups is 1. The van der Waals surface area contributed by atoms with Gasteiger partial charge in [-0.05, 0) is 25.1 Å². The molecule has 0 saturated heterocycles. The Morgan fingerprint density at radius 2 is 2.17 bits per heavy atom. The molecule has 0 N–H and O–H groups in total. The molecule has 18 heavy (non-hydrogen) atoms. The number of carbonyl (C=O) groups excluding carboxylic acids is 1. The molecule has 0 radical (unpaired) electrons. The van der Waals surface area contributed by atoms with Gasteiger partial charge in [0.05, 0.1) is 6.61 Å². The molecule has 0 aliphatic rings. The number of nitrogens with zero attached hydrogens (tertiary/aromatic N) is 1. The fraction of sp³-hybridized carbons (Fsp3) is 0.143. The Morgan fingerprint density at radius 3 is 2.78 bits per heavy atom. The highest BCUT2D eigenvalue weighted by atomic mass is 19.1. The predicted molar refractivity (Wildman–Crippen MR) is 66.2 cm³/mol. The summed E-state index contributed by atoms with van der Waals surface area (Å²) in [4.78, 5) is 14.5. The van der Waals surface area contributed by atoms with Crippen molar-refractivity contribution in [3.05, 3.63) is 48.0 Å². The molecule has 0 spiro atoms. The number of hydrogen-bond acceptors (Lipinski definition) is 3. The lowest BCUT2D eigenvalue weighted by atomic mass is 10.1. The van der Waals surface area contributed by atoms with Crippen molar-refractivity contribution in [2.75, 3.05) is 6.61 Å². The number of ether oxygens (including phenoxy) is 1. The first kappa shape index (κ1) is 12.2. The van der Waals surface area contributed by atoms with Crippen LogP contribution in [0.4, 0.5) is 4.39 Å². The molecule has 0 fully saturated rings. The molecule has 2 aromatic rings. The predicted octanol–water partition coefficient (Wildman–Crippen LogP) is 3.10. The van der Waals surface area contributed by atoms with Gasteiger partial charge in [-0.3, -0.25) is 9.78 Å². The third-order valence-corrected chi connectivity index (χ3v) is 2.46. The lowest BCUT2D eigenvalue weighted by Crippen LogP contribution is -1.95. The van der Waals surface area contributed by atoms with Crippen molar-refractivity contribution in [3.63, 3.8) is 0 Å². The van der Waals surface area contributed by atoms with Crippen LogP contribution in [0.3, 0.4) is 0 Å². The second-order valence-electron chi connectivity index (χ2n) is 3.66. The fourth-order valence-corrected chi connectivity index (χ4v) is 1.64. The minimum absolute atomic E-state index is 0.348. The van der Waals surface area contributed by atoms with Gasteiger partial charge in [-0.25, -0.2) is 4.39 Å². The topological polar surface area (TPSA) is 39.2 Å². The van der Waals surface area contributed by atoms with E-state index in [2.05, 4.69) is 4.98 Å². The fourth-order valence-electron chi connectivity index (χ4n) is 1.64. The van der Waals surface area contributed by atoms with Crippen LogP contribution < -0.4 is 4.74 Å². The second-order valence-corrected chi connectivity index (χ2v) is 3.66. The van der Waals surface area contributed by atoms with Crippen LogP contribution in [0.1, 0.15) is 17.4 Å².